The van der Waals surface area contributed by atoms with Gasteiger partial charge in [0.05, 0.1) is 12.5 Å². The van der Waals surface area contributed by atoms with Gasteiger partial charge in [0.1, 0.15) is 5.41 Å². The number of amides is 2. The van der Waals surface area contributed by atoms with Crippen LogP contribution in [0.4, 0.5) is 0 Å². The summed E-state index contributed by atoms with van der Waals surface area (Å²) in [6.45, 7) is 7.47. The summed E-state index contributed by atoms with van der Waals surface area (Å²) < 4.78 is 5.08. The molecule has 0 aromatic heterocycles. The number of nitrogens with zero attached hydrogens (tertiary/aromatic N) is 2. The first-order valence-corrected chi connectivity index (χ1v) is 8.91. The van der Waals surface area contributed by atoms with E-state index < -0.39 is 16.8 Å². The number of methoxy groups -OCH3 is 1. The third-order valence-electron chi connectivity index (χ3n) is 5.24. The van der Waals surface area contributed by atoms with Crippen LogP contribution in [0.2, 0.25) is 0 Å². The number of aliphatic carboxylic acids is 1. The topological polar surface area (TPSA) is 87.2 Å². The Bertz CT molecular complexity index is 542. The number of likely N-dealkylation sites (tertiary alicyclic amines) is 2. The lowest BCUT2D eigenvalue weighted by molar-refractivity contribution is -0.152. The third kappa shape index (κ3) is 4.14. The van der Waals surface area contributed by atoms with E-state index in [1.807, 2.05) is 20.8 Å². The molecule has 2 heterocycles. The van der Waals surface area contributed by atoms with E-state index in [4.69, 9.17) is 4.74 Å². The Hall–Kier alpha value is -1.63. The molecule has 0 spiro atoms. The predicted octanol–water partition coefficient (Wildman–Crippen LogP) is 1.22. The predicted molar refractivity (Wildman–Crippen MR) is 91.9 cm³/mol. The highest BCUT2D eigenvalue weighted by molar-refractivity contribution is 5.85. The monoisotopic (exact) mass is 354 g/mol. The maximum Gasteiger partial charge on any atom is 0.313 e. The number of ether oxygens (including phenoxy) is 1. The van der Waals surface area contributed by atoms with Gasteiger partial charge in [-0.05, 0) is 19.3 Å². The zero-order valence-corrected chi connectivity index (χ0v) is 15.7. The lowest BCUT2D eigenvalue weighted by Crippen LogP contribution is -2.49. The maximum absolute atomic E-state index is 12.9. The second-order valence-electron chi connectivity index (χ2n) is 8.37. The van der Waals surface area contributed by atoms with Gasteiger partial charge in [-0.2, -0.15) is 0 Å². The van der Waals surface area contributed by atoms with Gasteiger partial charge in [-0.1, -0.05) is 20.8 Å². The van der Waals surface area contributed by atoms with E-state index >= 15 is 0 Å². The van der Waals surface area contributed by atoms with Gasteiger partial charge in [0.15, 0.2) is 0 Å². The van der Waals surface area contributed by atoms with Gasteiger partial charge >= 0.3 is 5.97 Å². The van der Waals surface area contributed by atoms with Crippen LogP contribution in [0.5, 0.6) is 0 Å². The Morgan fingerprint density at radius 2 is 1.88 bits per heavy atom. The van der Waals surface area contributed by atoms with Crippen molar-refractivity contribution in [3.8, 4) is 0 Å². The number of piperidine rings is 1. The average molecular weight is 354 g/mol. The number of carbonyl (C=O) groups is 3. The molecular weight excluding hydrogens is 324 g/mol. The van der Waals surface area contributed by atoms with E-state index in [2.05, 4.69) is 0 Å². The first-order chi connectivity index (χ1) is 11.6. The molecule has 2 saturated heterocycles. The van der Waals surface area contributed by atoms with Crippen molar-refractivity contribution in [2.24, 2.45) is 16.7 Å². The molecule has 2 atom stereocenters. The van der Waals surface area contributed by atoms with Crippen molar-refractivity contribution in [1.82, 2.24) is 9.80 Å². The van der Waals surface area contributed by atoms with Gasteiger partial charge in [-0.3, -0.25) is 14.4 Å². The van der Waals surface area contributed by atoms with Crippen LogP contribution in [0.3, 0.4) is 0 Å². The molecule has 2 rings (SSSR count). The van der Waals surface area contributed by atoms with Gasteiger partial charge in [-0.25, -0.2) is 0 Å². The summed E-state index contributed by atoms with van der Waals surface area (Å²) in [6.07, 6.45) is 1.95. The summed E-state index contributed by atoms with van der Waals surface area (Å²) in [5.74, 6) is -1.14. The van der Waals surface area contributed by atoms with E-state index in [0.29, 0.717) is 26.1 Å². The summed E-state index contributed by atoms with van der Waals surface area (Å²) in [5.41, 5.74) is -1.48. The van der Waals surface area contributed by atoms with Crippen LogP contribution >= 0.6 is 0 Å². The smallest absolute Gasteiger partial charge is 0.313 e. The van der Waals surface area contributed by atoms with Crippen LogP contribution in [0, 0.1) is 16.7 Å². The summed E-state index contributed by atoms with van der Waals surface area (Å²) in [7, 11) is 1.48. The Kier molecular flexibility index (Phi) is 5.76. The first-order valence-electron chi connectivity index (χ1n) is 8.91. The van der Waals surface area contributed by atoms with E-state index in [1.165, 1.54) is 7.11 Å². The molecule has 1 N–H and O–H groups in total. The summed E-state index contributed by atoms with van der Waals surface area (Å²) in [4.78, 5) is 40.4. The standard InChI is InChI=1S/C18H30N2O5/c1-17(2,3)15(22)19-8-5-6-13(10-19)14(21)20-9-7-18(11-20,12-25-4)16(23)24/h13H,5-12H2,1-4H3,(H,23,24). The zero-order valence-electron chi connectivity index (χ0n) is 15.7. The first kappa shape index (κ1) is 19.7. The van der Waals surface area contributed by atoms with Crippen LogP contribution in [-0.4, -0.2) is 72.6 Å². The molecule has 0 saturated carbocycles. The van der Waals surface area contributed by atoms with Crippen molar-refractivity contribution in [3.05, 3.63) is 0 Å². The number of hydrogen-bond acceptors (Lipinski definition) is 4. The molecule has 0 radical (unpaired) electrons. The molecule has 2 fully saturated rings. The number of hydrogen-bond donors (Lipinski definition) is 1. The second-order valence-corrected chi connectivity index (χ2v) is 8.37. The Labute approximate surface area is 149 Å². The quantitative estimate of drug-likeness (QED) is 0.820. The molecule has 0 aromatic carbocycles. The summed E-state index contributed by atoms with van der Waals surface area (Å²) >= 11 is 0. The van der Waals surface area contributed by atoms with Gasteiger partial charge in [0, 0.05) is 38.7 Å². The molecule has 2 aliphatic heterocycles. The summed E-state index contributed by atoms with van der Waals surface area (Å²) in [6, 6.07) is 0. The van der Waals surface area contributed by atoms with Crippen molar-refractivity contribution in [2.75, 3.05) is 39.9 Å². The van der Waals surface area contributed by atoms with E-state index in [1.54, 1.807) is 9.80 Å². The van der Waals surface area contributed by atoms with Gasteiger partial charge in [0.2, 0.25) is 11.8 Å². The van der Waals surface area contributed by atoms with Crippen molar-refractivity contribution < 1.29 is 24.2 Å². The van der Waals surface area contributed by atoms with Crippen LogP contribution < -0.4 is 0 Å². The lowest BCUT2D eigenvalue weighted by atomic mass is 9.88. The molecule has 25 heavy (non-hydrogen) atoms. The number of carboxylic acid groups (broad SMARTS) is 1. The Morgan fingerprint density at radius 3 is 2.44 bits per heavy atom. The van der Waals surface area contributed by atoms with Crippen LogP contribution in [0.25, 0.3) is 0 Å². The highest BCUT2D eigenvalue weighted by Gasteiger charge is 2.47. The minimum Gasteiger partial charge on any atom is -0.481 e. The molecule has 0 aliphatic carbocycles. The number of carboxylic acids is 1. The lowest BCUT2D eigenvalue weighted by Gasteiger charge is -2.37. The fourth-order valence-corrected chi connectivity index (χ4v) is 3.79. The molecular formula is C18H30N2O5. The number of rotatable bonds is 4. The minimum atomic E-state index is -1.01. The van der Waals surface area contributed by atoms with E-state index in [-0.39, 0.29) is 30.9 Å². The molecule has 0 bridgehead atoms. The largest absolute Gasteiger partial charge is 0.481 e. The summed E-state index contributed by atoms with van der Waals surface area (Å²) in [5, 5.41) is 9.54. The van der Waals surface area contributed by atoms with Crippen LogP contribution in [0.15, 0.2) is 0 Å². The van der Waals surface area contributed by atoms with E-state index in [9.17, 15) is 19.5 Å². The Balaban J connectivity index is 2.03. The molecule has 2 amide bonds. The zero-order chi connectivity index (χ0) is 18.8. The van der Waals surface area contributed by atoms with Crippen molar-refractivity contribution in [2.45, 2.75) is 40.0 Å². The molecule has 142 valence electrons. The average Bonchev–Trinajstić information content (AvgIpc) is 2.98. The van der Waals surface area contributed by atoms with Gasteiger partial charge in [0.25, 0.3) is 0 Å². The molecule has 2 unspecified atom stereocenters. The minimum absolute atomic E-state index is 0.0364. The Morgan fingerprint density at radius 1 is 1.20 bits per heavy atom. The molecule has 2 aliphatic rings. The van der Waals surface area contributed by atoms with Gasteiger partial charge < -0.3 is 19.6 Å². The fourth-order valence-electron chi connectivity index (χ4n) is 3.79. The molecule has 7 heteroatoms. The maximum atomic E-state index is 12.9. The highest BCUT2D eigenvalue weighted by atomic mass is 16.5. The second kappa shape index (κ2) is 7.32. The molecule has 7 nitrogen and oxygen atoms in total. The van der Waals surface area contributed by atoms with Gasteiger partial charge in [-0.15, -0.1) is 0 Å². The van der Waals surface area contributed by atoms with Crippen molar-refractivity contribution in [1.29, 1.82) is 0 Å². The normalized spacial score (nSPS) is 27.4. The van der Waals surface area contributed by atoms with Crippen LogP contribution in [0.1, 0.15) is 40.0 Å². The highest BCUT2D eigenvalue weighted by Crippen LogP contribution is 2.33. The van der Waals surface area contributed by atoms with Crippen molar-refractivity contribution >= 4 is 17.8 Å². The van der Waals surface area contributed by atoms with Crippen molar-refractivity contribution in [3.63, 3.8) is 0 Å². The fraction of sp³-hybridized carbons (Fsp3) is 0.833. The SMILES string of the molecule is COCC1(C(=O)O)CCN(C(=O)C2CCCN(C(=O)C(C)(C)C)C2)C1. The molecule has 0 aromatic rings. The third-order valence-corrected chi connectivity index (χ3v) is 5.24. The van der Waals surface area contributed by atoms with E-state index in [0.717, 1.165) is 12.8 Å². The number of carbonyl (C=O) groups excluding carboxylic acids is 2. The van der Waals surface area contributed by atoms with Crippen LogP contribution in [-0.2, 0) is 19.1 Å².